The Labute approximate surface area is 128 Å². The van der Waals surface area contributed by atoms with Crippen molar-refractivity contribution in [3.05, 3.63) is 29.0 Å². The lowest BCUT2D eigenvalue weighted by Crippen LogP contribution is -2.22. The minimum atomic E-state index is -0.384. The lowest BCUT2D eigenvalue weighted by Gasteiger charge is -2.05. The Bertz CT molecular complexity index is 586. The maximum Gasteiger partial charge on any atom is 0.165 e. The van der Waals surface area contributed by atoms with Crippen molar-refractivity contribution in [1.29, 1.82) is 0 Å². The topological polar surface area (TPSA) is 47.0 Å². The van der Waals surface area contributed by atoms with Gasteiger partial charge >= 0.3 is 0 Å². The van der Waals surface area contributed by atoms with Gasteiger partial charge in [-0.25, -0.2) is 4.39 Å². The van der Waals surface area contributed by atoms with E-state index in [1.807, 2.05) is 0 Å². The highest BCUT2D eigenvalue weighted by atomic mass is 32.1. The second kappa shape index (κ2) is 7.47. The van der Waals surface area contributed by atoms with Gasteiger partial charge in [-0.3, -0.25) is 0 Å². The van der Waals surface area contributed by atoms with E-state index in [4.69, 9.17) is 4.74 Å². The maximum atomic E-state index is 13.7. The van der Waals surface area contributed by atoms with Gasteiger partial charge in [0.2, 0.25) is 0 Å². The zero-order valence-corrected chi connectivity index (χ0v) is 13.3. The summed E-state index contributed by atoms with van der Waals surface area (Å²) < 4.78 is 18.6. The van der Waals surface area contributed by atoms with Crippen molar-refractivity contribution in [2.45, 2.75) is 20.3 Å². The number of methoxy groups -OCH3 is 1. The Hall–Kier alpha value is -1.53. The first-order valence-corrected chi connectivity index (χ1v) is 7.78. The molecule has 1 N–H and O–H groups in total. The van der Waals surface area contributed by atoms with Crippen molar-refractivity contribution in [2.75, 3.05) is 20.2 Å². The third-order valence-corrected chi connectivity index (χ3v) is 3.97. The molecule has 4 nitrogen and oxygen atoms in total. The number of ether oxygens (including phenoxy) is 1. The van der Waals surface area contributed by atoms with Crippen LogP contribution in [0.1, 0.15) is 18.9 Å². The monoisotopic (exact) mass is 309 g/mol. The molecule has 0 aliphatic rings. The van der Waals surface area contributed by atoms with Gasteiger partial charge in [0.1, 0.15) is 10.0 Å². The highest BCUT2D eigenvalue weighted by Crippen LogP contribution is 2.27. The fourth-order valence-electron chi connectivity index (χ4n) is 1.86. The summed E-state index contributed by atoms with van der Waals surface area (Å²) in [6.45, 7) is 6.22. The molecule has 21 heavy (non-hydrogen) atoms. The fourth-order valence-corrected chi connectivity index (χ4v) is 2.69. The van der Waals surface area contributed by atoms with Crippen molar-refractivity contribution in [2.24, 2.45) is 5.92 Å². The largest absolute Gasteiger partial charge is 0.494 e. The number of nitrogens with zero attached hydrogens (tertiary/aromatic N) is 2. The Morgan fingerprint density at radius 2 is 2.14 bits per heavy atom. The second-order valence-electron chi connectivity index (χ2n) is 5.20. The van der Waals surface area contributed by atoms with Crippen molar-refractivity contribution >= 4 is 11.3 Å². The fraction of sp³-hybridized carbons (Fsp3) is 0.467. The summed E-state index contributed by atoms with van der Waals surface area (Å²) in [6, 6.07) is 4.83. The molecule has 0 aliphatic heterocycles. The lowest BCUT2D eigenvalue weighted by atomic mass is 10.2. The van der Waals surface area contributed by atoms with E-state index in [1.54, 1.807) is 12.1 Å². The van der Waals surface area contributed by atoms with Crippen molar-refractivity contribution in [3.8, 4) is 16.3 Å². The van der Waals surface area contributed by atoms with Crippen molar-refractivity contribution in [3.63, 3.8) is 0 Å². The predicted molar refractivity (Wildman–Crippen MR) is 83.3 cm³/mol. The molecule has 0 saturated heterocycles. The summed E-state index contributed by atoms with van der Waals surface area (Å²) in [5, 5.41) is 13.3. The van der Waals surface area contributed by atoms with Crippen LogP contribution in [0, 0.1) is 11.7 Å². The molecule has 0 fully saturated rings. The van der Waals surface area contributed by atoms with Crippen LogP contribution in [0.25, 0.3) is 10.6 Å². The predicted octanol–water partition coefficient (Wildman–Crippen LogP) is 3.14. The van der Waals surface area contributed by atoms with Crippen LogP contribution in [0.3, 0.4) is 0 Å². The Balaban J connectivity index is 1.97. The van der Waals surface area contributed by atoms with Crippen LogP contribution in [0.2, 0.25) is 0 Å². The van der Waals surface area contributed by atoms with E-state index in [0.717, 1.165) is 35.1 Å². The van der Waals surface area contributed by atoms with Gasteiger partial charge in [-0.15, -0.1) is 10.2 Å². The average Bonchev–Trinajstić information content (AvgIpc) is 2.92. The Morgan fingerprint density at radius 3 is 2.81 bits per heavy atom. The van der Waals surface area contributed by atoms with Crippen LogP contribution >= 0.6 is 11.3 Å². The summed E-state index contributed by atoms with van der Waals surface area (Å²) >= 11 is 1.50. The first-order chi connectivity index (χ1) is 10.1. The highest BCUT2D eigenvalue weighted by molar-refractivity contribution is 7.14. The molecule has 2 rings (SSSR count). The zero-order chi connectivity index (χ0) is 15.2. The molecular weight excluding hydrogens is 289 g/mol. The molecule has 0 atom stereocenters. The third-order valence-electron chi connectivity index (χ3n) is 2.93. The Morgan fingerprint density at radius 1 is 1.33 bits per heavy atom. The zero-order valence-electron chi connectivity index (χ0n) is 12.5. The molecule has 0 unspecified atom stereocenters. The molecular formula is C15H20FN3OS. The van der Waals surface area contributed by atoms with E-state index in [1.165, 1.54) is 24.5 Å². The van der Waals surface area contributed by atoms with Gasteiger partial charge in [0.15, 0.2) is 11.6 Å². The van der Waals surface area contributed by atoms with Crippen molar-refractivity contribution in [1.82, 2.24) is 15.5 Å². The number of rotatable bonds is 7. The summed E-state index contributed by atoms with van der Waals surface area (Å²) in [5.74, 6) is 0.490. The number of benzene rings is 1. The minimum absolute atomic E-state index is 0.237. The normalized spacial score (nSPS) is 11.1. The van der Waals surface area contributed by atoms with Gasteiger partial charge < -0.3 is 10.1 Å². The standard InChI is InChI=1S/C15H20FN3OS/c1-10(2)9-17-7-6-14-18-19-15(21-14)11-4-5-13(20-3)12(16)8-11/h4-5,8,10,17H,6-7,9H2,1-3H3. The van der Waals surface area contributed by atoms with Gasteiger partial charge in [-0.1, -0.05) is 25.2 Å². The molecule has 0 radical (unpaired) electrons. The van der Waals surface area contributed by atoms with E-state index in [2.05, 4.69) is 29.4 Å². The van der Waals surface area contributed by atoms with E-state index in [0.29, 0.717) is 5.92 Å². The summed E-state index contributed by atoms with van der Waals surface area (Å²) in [7, 11) is 1.45. The van der Waals surface area contributed by atoms with Gasteiger partial charge in [0, 0.05) is 18.5 Å². The number of hydrogen-bond acceptors (Lipinski definition) is 5. The smallest absolute Gasteiger partial charge is 0.165 e. The molecule has 0 amide bonds. The average molecular weight is 309 g/mol. The van der Waals surface area contributed by atoms with Gasteiger partial charge in [-0.05, 0) is 30.7 Å². The number of halogens is 1. The molecule has 0 saturated carbocycles. The van der Waals surface area contributed by atoms with Crippen LogP contribution in [-0.4, -0.2) is 30.4 Å². The highest BCUT2D eigenvalue weighted by Gasteiger charge is 2.10. The molecule has 1 heterocycles. The third kappa shape index (κ3) is 4.47. The quantitative estimate of drug-likeness (QED) is 0.798. The first kappa shape index (κ1) is 15.9. The summed E-state index contributed by atoms with van der Waals surface area (Å²) in [6.07, 6.45) is 0.836. The summed E-state index contributed by atoms with van der Waals surface area (Å²) in [4.78, 5) is 0. The van der Waals surface area contributed by atoms with Gasteiger partial charge in [0.25, 0.3) is 0 Å². The van der Waals surface area contributed by atoms with E-state index < -0.39 is 0 Å². The van der Waals surface area contributed by atoms with E-state index in [-0.39, 0.29) is 11.6 Å². The number of nitrogens with one attached hydrogen (secondary N) is 1. The molecule has 0 aliphatic carbocycles. The van der Waals surface area contributed by atoms with Crippen LogP contribution in [-0.2, 0) is 6.42 Å². The minimum Gasteiger partial charge on any atom is -0.494 e. The van der Waals surface area contributed by atoms with Crippen LogP contribution in [0.5, 0.6) is 5.75 Å². The lowest BCUT2D eigenvalue weighted by molar-refractivity contribution is 0.386. The molecule has 2 aromatic rings. The number of hydrogen-bond donors (Lipinski definition) is 1. The maximum absolute atomic E-state index is 13.7. The first-order valence-electron chi connectivity index (χ1n) is 6.97. The molecule has 6 heteroatoms. The SMILES string of the molecule is COc1ccc(-c2nnc(CCNCC(C)C)s2)cc1F. The molecule has 0 bridgehead atoms. The Kier molecular flexibility index (Phi) is 5.64. The van der Waals surface area contributed by atoms with Gasteiger partial charge in [-0.2, -0.15) is 0 Å². The van der Waals surface area contributed by atoms with Crippen LogP contribution in [0.4, 0.5) is 4.39 Å². The summed E-state index contributed by atoms with van der Waals surface area (Å²) in [5.41, 5.74) is 0.729. The molecule has 1 aromatic carbocycles. The molecule has 0 spiro atoms. The van der Waals surface area contributed by atoms with E-state index in [9.17, 15) is 4.39 Å². The second-order valence-corrected chi connectivity index (χ2v) is 6.26. The van der Waals surface area contributed by atoms with E-state index >= 15 is 0 Å². The molecule has 1 aromatic heterocycles. The van der Waals surface area contributed by atoms with Crippen molar-refractivity contribution < 1.29 is 9.13 Å². The van der Waals surface area contributed by atoms with Crippen LogP contribution in [0.15, 0.2) is 18.2 Å². The van der Waals surface area contributed by atoms with Crippen LogP contribution < -0.4 is 10.1 Å². The number of aromatic nitrogens is 2. The molecule has 114 valence electrons. The van der Waals surface area contributed by atoms with Gasteiger partial charge in [0.05, 0.1) is 7.11 Å².